The van der Waals surface area contributed by atoms with E-state index in [1.807, 2.05) is 0 Å². The van der Waals surface area contributed by atoms with Gasteiger partial charge in [-0.1, -0.05) is 6.08 Å². The van der Waals surface area contributed by atoms with Crippen LogP contribution in [0.15, 0.2) is 12.7 Å². The van der Waals surface area contributed by atoms with Gasteiger partial charge in [0.25, 0.3) is 0 Å². The Morgan fingerprint density at radius 1 is 1.50 bits per heavy atom. The van der Waals surface area contributed by atoms with Gasteiger partial charge in [-0.3, -0.25) is 9.59 Å². The third kappa shape index (κ3) is 2.86. The van der Waals surface area contributed by atoms with Gasteiger partial charge in [-0.15, -0.1) is 6.58 Å². The minimum Gasteiger partial charge on any atom is -0.344 e. The van der Waals surface area contributed by atoms with E-state index in [1.165, 1.54) is 13.8 Å². The highest BCUT2D eigenvalue weighted by Gasteiger charge is 2.28. The summed E-state index contributed by atoms with van der Waals surface area (Å²) >= 11 is 0. The van der Waals surface area contributed by atoms with Crippen molar-refractivity contribution >= 4 is 11.7 Å². The summed E-state index contributed by atoms with van der Waals surface area (Å²) in [4.78, 5) is 21.9. The van der Waals surface area contributed by atoms with Crippen molar-refractivity contribution in [1.82, 2.24) is 5.32 Å². The van der Waals surface area contributed by atoms with Crippen LogP contribution in [0.4, 0.5) is 0 Å². The van der Waals surface area contributed by atoms with Crippen molar-refractivity contribution < 1.29 is 9.59 Å². The molecule has 0 fully saturated rings. The summed E-state index contributed by atoms with van der Waals surface area (Å²) in [5.74, 6) is -0.257. The molecule has 68 valence electrons. The SMILES string of the molecule is C=CCC(C)(NC(C)=O)C(C)=O. The summed E-state index contributed by atoms with van der Waals surface area (Å²) in [7, 11) is 0. The van der Waals surface area contributed by atoms with Crippen molar-refractivity contribution in [3.8, 4) is 0 Å². The molecule has 3 heteroatoms. The standard InChI is InChI=1S/C9H15NO2/c1-5-6-9(4,7(2)11)10-8(3)12/h5H,1,6H2,2-4H3,(H,10,12). The van der Waals surface area contributed by atoms with Crippen LogP contribution in [-0.2, 0) is 9.59 Å². The van der Waals surface area contributed by atoms with E-state index in [-0.39, 0.29) is 11.7 Å². The summed E-state index contributed by atoms with van der Waals surface area (Å²) in [5, 5.41) is 2.60. The van der Waals surface area contributed by atoms with Crippen LogP contribution in [0, 0.1) is 0 Å². The van der Waals surface area contributed by atoms with Crippen LogP contribution < -0.4 is 5.32 Å². The minimum atomic E-state index is -0.784. The predicted molar refractivity (Wildman–Crippen MR) is 47.7 cm³/mol. The third-order valence-electron chi connectivity index (χ3n) is 1.78. The van der Waals surface area contributed by atoms with E-state index in [1.54, 1.807) is 13.0 Å². The number of nitrogens with one attached hydrogen (secondary N) is 1. The fraction of sp³-hybridized carbons (Fsp3) is 0.556. The van der Waals surface area contributed by atoms with Gasteiger partial charge in [-0.2, -0.15) is 0 Å². The summed E-state index contributed by atoms with van der Waals surface area (Å²) < 4.78 is 0. The average molecular weight is 169 g/mol. The number of carbonyl (C=O) groups excluding carboxylic acids is 2. The molecule has 1 unspecified atom stereocenters. The van der Waals surface area contributed by atoms with Crippen molar-refractivity contribution in [3.05, 3.63) is 12.7 Å². The van der Waals surface area contributed by atoms with Crippen molar-refractivity contribution in [3.63, 3.8) is 0 Å². The number of Topliss-reactive ketones (excluding diaryl/α,β-unsaturated/α-hetero) is 1. The Balaban J connectivity index is 4.49. The number of amides is 1. The van der Waals surface area contributed by atoms with Crippen LogP contribution in [0.5, 0.6) is 0 Å². The Bertz CT molecular complexity index is 211. The molecule has 3 nitrogen and oxygen atoms in total. The maximum atomic E-state index is 11.1. The lowest BCUT2D eigenvalue weighted by Gasteiger charge is -2.25. The van der Waals surface area contributed by atoms with Gasteiger partial charge in [-0.25, -0.2) is 0 Å². The van der Waals surface area contributed by atoms with Crippen LogP contribution in [0.3, 0.4) is 0 Å². The van der Waals surface area contributed by atoms with Gasteiger partial charge in [0.2, 0.25) is 5.91 Å². The van der Waals surface area contributed by atoms with E-state index in [0.29, 0.717) is 6.42 Å². The molecule has 0 spiro atoms. The quantitative estimate of drug-likeness (QED) is 0.639. The normalized spacial score (nSPS) is 14.6. The Morgan fingerprint density at radius 2 is 2.00 bits per heavy atom. The zero-order chi connectivity index (χ0) is 9.78. The molecule has 0 aromatic heterocycles. The number of rotatable bonds is 4. The molecule has 0 aliphatic carbocycles. The van der Waals surface area contributed by atoms with E-state index < -0.39 is 5.54 Å². The molecule has 0 aromatic carbocycles. The monoisotopic (exact) mass is 169 g/mol. The smallest absolute Gasteiger partial charge is 0.217 e. The lowest BCUT2D eigenvalue weighted by atomic mass is 9.93. The Kier molecular flexibility index (Phi) is 3.67. The maximum absolute atomic E-state index is 11.1. The first kappa shape index (κ1) is 10.9. The largest absolute Gasteiger partial charge is 0.344 e. The molecule has 0 heterocycles. The number of hydrogen-bond acceptors (Lipinski definition) is 2. The van der Waals surface area contributed by atoms with Crippen LogP contribution in [0.1, 0.15) is 27.2 Å². The van der Waals surface area contributed by atoms with E-state index in [2.05, 4.69) is 11.9 Å². The highest BCUT2D eigenvalue weighted by Crippen LogP contribution is 2.11. The Morgan fingerprint density at radius 3 is 2.25 bits per heavy atom. The van der Waals surface area contributed by atoms with E-state index >= 15 is 0 Å². The van der Waals surface area contributed by atoms with Crippen LogP contribution in [-0.4, -0.2) is 17.2 Å². The van der Waals surface area contributed by atoms with Crippen molar-refractivity contribution in [1.29, 1.82) is 0 Å². The molecule has 0 rings (SSSR count). The summed E-state index contributed by atoms with van der Waals surface area (Å²) in [6.45, 7) is 8.08. The second-order valence-electron chi connectivity index (χ2n) is 3.06. The number of carbonyl (C=O) groups is 2. The molecule has 0 aromatic rings. The van der Waals surface area contributed by atoms with E-state index in [4.69, 9.17) is 0 Å². The summed E-state index contributed by atoms with van der Waals surface area (Å²) in [6, 6.07) is 0. The molecule has 0 aliphatic heterocycles. The number of hydrogen-bond donors (Lipinski definition) is 1. The van der Waals surface area contributed by atoms with Gasteiger partial charge in [0.05, 0.1) is 5.54 Å². The molecule has 1 amide bonds. The topological polar surface area (TPSA) is 46.2 Å². The van der Waals surface area contributed by atoms with Gasteiger partial charge in [0.15, 0.2) is 5.78 Å². The Hall–Kier alpha value is -1.12. The molecule has 0 bridgehead atoms. The molecule has 1 atom stereocenters. The summed E-state index contributed by atoms with van der Waals surface area (Å²) in [6.07, 6.45) is 2.08. The molecule has 0 aliphatic rings. The van der Waals surface area contributed by atoms with Crippen molar-refractivity contribution in [2.75, 3.05) is 0 Å². The highest BCUT2D eigenvalue weighted by atomic mass is 16.2. The first-order valence-electron chi connectivity index (χ1n) is 3.83. The first-order valence-corrected chi connectivity index (χ1v) is 3.83. The summed E-state index contributed by atoms with van der Waals surface area (Å²) in [5.41, 5.74) is -0.784. The lowest BCUT2D eigenvalue weighted by molar-refractivity contribution is -0.129. The van der Waals surface area contributed by atoms with Gasteiger partial charge >= 0.3 is 0 Å². The second-order valence-corrected chi connectivity index (χ2v) is 3.06. The minimum absolute atomic E-state index is 0.0578. The molecule has 0 saturated heterocycles. The number of ketones is 1. The predicted octanol–water partition coefficient (Wildman–Crippen LogP) is 1.05. The molecular weight excluding hydrogens is 154 g/mol. The van der Waals surface area contributed by atoms with Crippen molar-refractivity contribution in [2.24, 2.45) is 0 Å². The van der Waals surface area contributed by atoms with Gasteiger partial charge in [0.1, 0.15) is 0 Å². The first-order chi connectivity index (χ1) is 5.42. The van der Waals surface area contributed by atoms with Crippen LogP contribution >= 0.6 is 0 Å². The van der Waals surface area contributed by atoms with Crippen molar-refractivity contribution in [2.45, 2.75) is 32.7 Å². The molecular formula is C9H15NO2. The fourth-order valence-corrected chi connectivity index (χ4v) is 0.960. The lowest BCUT2D eigenvalue weighted by Crippen LogP contribution is -2.50. The fourth-order valence-electron chi connectivity index (χ4n) is 0.960. The highest BCUT2D eigenvalue weighted by molar-refractivity contribution is 5.90. The molecule has 0 radical (unpaired) electrons. The van der Waals surface area contributed by atoms with Crippen LogP contribution in [0.25, 0.3) is 0 Å². The zero-order valence-electron chi connectivity index (χ0n) is 7.81. The molecule has 12 heavy (non-hydrogen) atoms. The van der Waals surface area contributed by atoms with Gasteiger partial charge < -0.3 is 5.32 Å². The van der Waals surface area contributed by atoms with E-state index in [0.717, 1.165) is 0 Å². The molecule has 0 saturated carbocycles. The molecule has 1 N–H and O–H groups in total. The van der Waals surface area contributed by atoms with Crippen LogP contribution in [0.2, 0.25) is 0 Å². The third-order valence-corrected chi connectivity index (χ3v) is 1.78. The average Bonchev–Trinajstić information content (AvgIpc) is 1.85. The van der Waals surface area contributed by atoms with Gasteiger partial charge in [0, 0.05) is 6.92 Å². The maximum Gasteiger partial charge on any atom is 0.217 e. The second kappa shape index (κ2) is 4.04. The zero-order valence-corrected chi connectivity index (χ0v) is 7.81. The van der Waals surface area contributed by atoms with Gasteiger partial charge in [-0.05, 0) is 20.3 Å². The Labute approximate surface area is 72.8 Å². The van der Waals surface area contributed by atoms with E-state index in [9.17, 15) is 9.59 Å².